The van der Waals surface area contributed by atoms with Crippen LogP contribution >= 0.6 is 0 Å². The molecule has 1 aromatic heterocycles. The number of rotatable bonds is 6. The molecule has 0 aliphatic carbocycles. The fourth-order valence-electron chi connectivity index (χ4n) is 1.81. The number of nitrogens with zero attached hydrogens (tertiary/aromatic N) is 1. The van der Waals surface area contributed by atoms with Gasteiger partial charge in [-0.1, -0.05) is 27.2 Å². The van der Waals surface area contributed by atoms with Gasteiger partial charge in [0.2, 0.25) is 0 Å². The van der Waals surface area contributed by atoms with Gasteiger partial charge < -0.3 is 11.1 Å². The van der Waals surface area contributed by atoms with Crippen LogP contribution in [0.5, 0.6) is 0 Å². The number of H-pyrrole nitrogens is 1. The maximum absolute atomic E-state index is 12.0. The van der Waals surface area contributed by atoms with Gasteiger partial charge in [-0.2, -0.15) is 5.10 Å². The van der Waals surface area contributed by atoms with Crippen LogP contribution in [0, 0.1) is 0 Å². The van der Waals surface area contributed by atoms with Gasteiger partial charge in [-0.15, -0.1) is 0 Å². The minimum Gasteiger partial charge on any atom is -0.395 e. The van der Waals surface area contributed by atoms with Crippen LogP contribution in [-0.2, 0) is 6.42 Å². The van der Waals surface area contributed by atoms with Gasteiger partial charge in [-0.3, -0.25) is 9.89 Å². The second-order valence-electron chi connectivity index (χ2n) is 4.19. The van der Waals surface area contributed by atoms with Crippen molar-refractivity contribution in [3.63, 3.8) is 0 Å². The lowest BCUT2D eigenvalue weighted by molar-refractivity contribution is 0.0929. The third kappa shape index (κ3) is 3.22. The number of carbonyl (C=O) groups excluding carboxylic acids is 1. The highest BCUT2D eigenvalue weighted by molar-refractivity contribution is 5.97. The highest BCUT2D eigenvalue weighted by atomic mass is 16.2. The van der Waals surface area contributed by atoms with E-state index in [0.717, 1.165) is 31.4 Å². The number of hydrogen-bond donors (Lipinski definition) is 3. The molecule has 0 fully saturated rings. The Morgan fingerprint density at radius 2 is 2.18 bits per heavy atom. The molecule has 0 aliphatic heterocycles. The monoisotopic (exact) mass is 238 g/mol. The van der Waals surface area contributed by atoms with Gasteiger partial charge in [-0.05, 0) is 19.3 Å². The van der Waals surface area contributed by atoms with Crippen molar-refractivity contribution in [2.45, 2.75) is 52.5 Å². The molecule has 1 heterocycles. The van der Waals surface area contributed by atoms with Crippen molar-refractivity contribution in [3.05, 3.63) is 11.4 Å². The van der Waals surface area contributed by atoms with E-state index in [4.69, 9.17) is 5.73 Å². The van der Waals surface area contributed by atoms with Gasteiger partial charge >= 0.3 is 0 Å². The average Bonchev–Trinajstić information content (AvgIpc) is 2.69. The lowest BCUT2D eigenvalue weighted by atomic mass is 10.1. The summed E-state index contributed by atoms with van der Waals surface area (Å²) in [5.74, 6) is -0.182. The van der Waals surface area contributed by atoms with Gasteiger partial charge in [-0.25, -0.2) is 0 Å². The number of hydrogen-bond acceptors (Lipinski definition) is 3. The number of anilines is 1. The smallest absolute Gasteiger partial charge is 0.274 e. The van der Waals surface area contributed by atoms with Crippen molar-refractivity contribution < 1.29 is 4.79 Å². The molecular formula is C12H22N4O. The summed E-state index contributed by atoms with van der Waals surface area (Å²) in [5, 5.41) is 9.72. The van der Waals surface area contributed by atoms with Crippen LogP contribution in [0.4, 0.5) is 5.69 Å². The number of aromatic amines is 1. The molecule has 0 spiro atoms. The highest BCUT2D eigenvalue weighted by Crippen LogP contribution is 2.14. The van der Waals surface area contributed by atoms with Crippen molar-refractivity contribution in [3.8, 4) is 0 Å². The molecular weight excluding hydrogens is 216 g/mol. The van der Waals surface area contributed by atoms with Crippen molar-refractivity contribution in [1.29, 1.82) is 0 Å². The maximum Gasteiger partial charge on any atom is 0.274 e. The van der Waals surface area contributed by atoms with Crippen LogP contribution in [0.25, 0.3) is 0 Å². The first-order chi connectivity index (χ1) is 8.13. The standard InChI is InChI=1S/C12H22N4O/c1-4-7-8(5-2)14-12(17)11-10(13)9(6-3)15-16-11/h8H,4-7,13H2,1-3H3,(H,14,17)(H,15,16). The summed E-state index contributed by atoms with van der Waals surface area (Å²) in [6, 6.07) is 0.202. The van der Waals surface area contributed by atoms with Gasteiger partial charge in [0.05, 0.1) is 11.4 Å². The van der Waals surface area contributed by atoms with E-state index in [1.165, 1.54) is 0 Å². The molecule has 1 aromatic rings. The fraction of sp³-hybridized carbons (Fsp3) is 0.667. The zero-order chi connectivity index (χ0) is 12.8. The van der Waals surface area contributed by atoms with Crippen molar-refractivity contribution in [1.82, 2.24) is 15.5 Å². The molecule has 96 valence electrons. The minimum atomic E-state index is -0.182. The molecule has 5 nitrogen and oxygen atoms in total. The maximum atomic E-state index is 12.0. The molecule has 0 aliphatic rings. The van der Waals surface area contributed by atoms with E-state index in [1.54, 1.807) is 0 Å². The van der Waals surface area contributed by atoms with Crippen LogP contribution in [0.2, 0.25) is 0 Å². The van der Waals surface area contributed by atoms with Gasteiger partial charge in [0.15, 0.2) is 5.69 Å². The number of nitrogens with one attached hydrogen (secondary N) is 2. The number of amides is 1. The van der Waals surface area contributed by atoms with Crippen LogP contribution in [0.15, 0.2) is 0 Å². The van der Waals surface area contributed by atoms with Crippen LogP contribution < -0.4 is 11.1 Å². The Bertz CT molecular complexity index is 373. The predicted molar refractivity (Wildman–Crippen MR) is 68.8 cm³/mol. The molecule has 1 atom stereocenters. The molecule has 1 unspecified atom stereocenters. The summed E-state index contributed by atoms with van der Waals surface area (Å²) in [7, 11) is 0. The molecule has 0 aromatic carbocycles. The Morgan fingerprint density at radius 3 is 2.65 bits per heavy atom. The molecule has 1 amide bonds. The molecule has 5 heteroatoms. The quantitative estimate of drug-likeness (QED) is 0.707. The first kappa shape index (κ1) is 13.5. The minimum absolute atomic E-state index is 0.182. The Kier molecular flexibility index (Phi) is 5.00. The average molecular weight is 238 g/mol. The Labute approximate surface area is 102 Å². The molecule has 0 saturated carbocycles. The van der Waals surface area contributed by atoms with Crippen LogP contribution in [0.1, 0.15) is 56.2 Å². The van der Waals surface area contributed by atoms with Crippen LogP contribution in [0.3, 0.4) is 0 Å². The van der Waals surface area contributed by atoms with Crippen molar-refractivity contribution in [2.75, 3.05) is 5.73 Å². The summed E-state index contributed by atoms with van der Waals surface area (Å²) in [5.41, 5.74) is 7.45. The van der Waals surface area contributed by atoms with E-state index in [2.05, 4.69) is 29.4 Å². The topological polar surface area (TPSA) is 83.8 Å². The number of carbonyl (C=O) groups is 1. The summed E-state index contributed by atoms with van der Waals surface area (Å²) in [4.78, 5) is 12.0. The van der Waals surface area contributed by atoms with Crippen LogP contribution in [-0.4, -0.2) is 22.1 Å². The van der Waals surface area contributed by atoms with Crippen molar-refractivity contribution >= 4 is 11.6 Å². The number of aromatic nitrogens is 2. The number of nitrogen functional groups attached to an aromatic ring is 1. The highest BCUT2D eigenvalue weighted by Gasteiger charge is 2.18. The summed E-state index contributed by atoms with van der Waals surface area (Å²) < 4.78 is 0. The van der Waals surface area contributed by atoms with E-state index >= 15 is 0 Å². The predicted octanol–water partition coefficient (Wildman–Crippen LogP) is 1.86. The van der Waals surface area contributed by atoms with E-state index in [0.29, 0.717) is 11.4 Å². The first-order valence-corrected chi connectivity index (χ1v) is 6.27. The Morgan fingerprint density at radius 1 is 1.47 bits per heavy atom. The zero-order valence-electron chi connectivity index (χ0n) is 10.8. The molecule has 1 rings (SSSR count). The summed E-state index contributed by atoms with van der Waals surface area (Å²) in [6.45, 7) is 6.14. The lowest BCUT2D eigenvalue weighted by Gasteiger charge is -2.15. The second kappa shape index (κ2) is 6.27. The summed E-state index contributed by atoms with van der Waals surface area (Å²) >= 11 is 0. The Balaban J connectivity index is 2.72. The second-order valence-corrected chi connectivity index (χ2v) is 4.19. The van der Waals surface area contributed by atoms with Gasteiger partial charge in [0.1, 0.15) is 0 Å². The van der Waals surface area contributed by atoms with E-state index < -0.39 is 0 Å². The zero-order valence-corrected chi connectivity index (χ0v) is 10.8. The van der Waals surface area contributed by atoms with Crippen molar-refractivity contribution in [2.24, 2.45) is 0 Å². The lowest BCUT2D eigenvalue weighted by Crippen LogP contribution is -2.34. The normalized spacial score (nSPS) is 12.4. The fourth-order valence-corrected chi connectivity index (χ4v) is 1.81. The molecule has 0 radical (unpaired) electrons. The number of aryl methyl sites for hydroxylation is 1. The first-order valence-electron chi connectivity index (χ1n) is 6.27. The Hall–Kier alpha value is -1.52. The third-order valence-corrected chi connectivity index (χ3v) is 2.92. The van der Waals surface area contributed by atoms with E-state index in [-0.39, 0.29) is 11.9 Å². The molecule has 4 N–H and O–H groups in total. The van der Waals surface area contributed by atoms with Gasteiger partial charge in [0.25, 0.3) is 5.91 Å². The third-order valence-electron chi connectivity index (χ3n) is 2.92. The SMILES string of the molecule is CCCC(CC)NC(=O)c1n[nH]c(CC)c1N. The van der Waals surface area contributed by atoms with E-state index in [1.807, 2.05) is 6.92 Å². The molecule has 0 saturated heterocycles. The molecule has 0 bridgehead atoms. The molecule has 17 heavy (non-hydrogen) atoms. The number of nitrogens with two attached hydrogens (primary N) is 1. The summed E-state index contributed by atoms with van der Waals surface area (Å²) in [6.07, 6.45) is 3.70. The largest absolute Gasteiger partial charge is 0.395 e. The van der Waals surface area contributed by atoms with E-state index in [9.17, 15) is 4.79 Å². The van der Waals surface area contributed by atoms with Gasteiger partial charge in [0, 0.05) is 6.04 Å².